The van der Waals surface area contributed by atoms with Crippen LogP contribution in [0.15, 0.2) is 17.1 Å². The number of aryl methyl sites for hydroxylation is 1. The summed E-state index contributed by atoms with van der Waals surface area (Å²) in [4.78, 5) is 14.4. The van der Waals surface area contributed by atoms with Crippen molar-refractivity contribution in [2.24, 2.45) is 5.92 Å². The van der Waals surface area contributed by atoms with Gasteiger partial charge in [0.05, 0.1) is 11.9 Å². The molecule has 3 heterocycles. The molecule has 0 amide bonds. The predicted molar refractivity (Wildman–Crippen MR) is 80.2 cm³/mol. The number of hydrogen-bond donors (Lipinski definition) is 1. The third-order valence-electron chi connectivity index (χ3n) is 4.47. The minimum absolute atomic E-state index is 0.0400. The molecule has 1 N–H and O–H groups in total. The van der Waals surface area contributed by atoms with Crippen molar-refractivity contribution in [2.75, 3.05) is 31.1 Å². The summed E-state index contributed by atoms with van der Waals surface area (Å²) in [7, 11) is 0. The summed E-state index contributed by atoms with van der Waals surface area (Å²) in [5.41, 5.74) is 1.03. The second kappa shape index (κ2) is 6.39. The van der Waals surface area contributed by atoms with E-state index in [0.29, 0.717) is 5.92 Å². The molecule has 5 nitrogen and oxygen atoms in total. The fourth-order valence-corrected chi connectivity index (χ4v) is 3.22. The van der Waals surface area contributed by atoms with Crippen LogP contribution in [0.25, 0.3) is 0 Å². The van der Waals surface area contributed by atoms with Gasteiger partial charge in [-0.15, -0.1) is 0 Å². The SMILES string of the molecule is O=c1cc(N2CCCC2)cnn1CCC1CCCNC1. The maximum absolute atomic E-state index is 12.1. The molecule has 2 aliphatic heterocycles. The van der Waals surface area contributed by atoms with Crippen molar-refractivity contribution in [3.8, 4) is 0 Å². The highest BCUT2D eigenvalue weighted by molar-refractivity contribution is 5.43. The van der Waals surface area contributed by atoms with E-state index in [9.17, 15) is 4.79 Å². The molecule has 0 radical (unpaired) electrons. The van der Waals surface area contributed by atoms with Gasteiger partial charge in [-0.1, -0.05) is 0 Å². The third-order valence-corrected chi connectivity index (χ3v) is 4.47. The second-order valence-electron chi connectivity index (χ2n) is 5.97. The highest BCUT2D eigenvalue weighted by atomic mass is 16.1. The van der Waals surface area contributed by atoms with Gasteiger partial charge in [0.1, 0.15) is 0 Å². The number of rotatable bonds is 4. The average Bonchev–Trinajstić information content (AvgIpc) is 3.01. The monoisotopic (exact) mass is 276 g/mol. The summed E-state index contributed by atoms with van der Waals surface area (Å²) in [6.45, 7) is 5.07. The molecule has 0 bridgehead atoms. The molecule has 20 heavy (non-hydrogen) atoms. The highest BCUT2D eigenvalue weighted by Gasteiger charge is 2.15. The Morgan fingerprint density at radius 2 is 2.15 bits per heavy atom. The number of anilines is 1. The van der Waals surface area contributed by atoms with Crippen LogP contribution < -0.4 is 15.8 Å². The third kappa shape index (κ3) is 3.20. The molecule has 2 fully saturated rings. The quantitative estimate of drug-likeness (QED) is 0.899. The number of nitrogens with one attached hydrogen (secondary N) is 1. The van der Waals surface area contributed by atoms with Gasteiger partial charge in [0.25, 0.3) is 5.56 Å². The Morgan fingerprint density at radius 1 is 1.30 bits per heavy atom. The van der Waals surface area contributed by atoms with Crippen LogP contribution in [0.4, 0.5) is 5.69 Å². The van der Waals surface area contributed by atoms with Crippen LogP contribution in [0.5, 0.6) is 0 Å². The maximum atomic E-state index is 12.1. The molecular weight excluding hydrogens is 252 g/mol. The standard InChI is InChI=1S/C15H24N4O/c20-15-10-14(18-7-1-2-8-18)12-17-19(15)9-5-13-4-3-6-16-11-13/h10,12-13,16H,1-9,11H2. The van der Waals surface area contributed by atoms with Crippen LogP contribution in [0.2, 0.25) is 0 Å². The topological polar surface area (TPSA) is 50.2 Å². The Balaban J connectivity index is 1.60. The smallest absolute Gasteiger partial charge is 0.268 e. The molecule has 0 aliphatic carbocycles. The maximum Gasteiger partial charge on any atom is 0.268 e. The van der Waals surface area contributed by atoms with Gasteiger partial charge in [0, 0.05) is 25.7 Å². The summed E-state index contributed by atoms with van der Waals surface area (Å²) in [6, 6.07) is 1.75. The van der Waals surface area contributed by atoms with Gasteiger partial charge in [0.15, 0.2) is 0 Å². The molecule has 3 rings (SSSR count). The zero-order valence-corrected chi connectivity index (χ0v) is 12.1. The predicted octanol–water partition coefficient (Wildman–Crippen LogP) is 1.23. The van der Waals surface area contributed by atoms with Gasteiger partial charge in [-0.05, 0) is 51.1 Å². The lowest BCUT2D eigenvalue weighted by molar-refractivity contribution is 0.333. The number of hydrogen-bond acceptors (Lipinski definition) is 4. The van der Waals surface area contributed by atoms with Crippen LogP contribution in [0.1, 0.15) is 32.1 Å². The van der Waals surface area contributed by atoms with Crippen LogP contribution in [-0.4, -0.2) is 36.0 Å². The highest BCUT2D eigenvalue weighted by Crippen LogP contribution is 2.17. The van der Waals surface area contributed by atoms with Crippen molar-refractivity contribution in [2.45, 2.75) is 38.6 Å². The Bertz CT molecular complexity index is 487. The Labute approximate surface area is 120 Å². The first kappa shape index (κ1) is 13.6. The molecule has 0 saturated carbocycles. The molecule has 1 aromatic heterocycles. The summed E-state index contributed by atoms with van der Waals surface area (Å²) >= 11 is 0. The van der Waals surface area contributed by atoms with E-state index < -0.39 is 0 Å². The van der Waals surface area contributed by atoms with Crippen molar-refractivity contribution in [3.63, 3.8) is 0 Å². The molecule has 1 unspecified atom stereocenters. The minimum Gasteiger partial charge on any atom is -0.370 e. The van der Waals surface area contributed by atoms with Crippen molar-refractivity contribution < 1.29 is 0 Å². The van der Waals surface area contributed by atoms with Crippen LogP contribution in [0.3, 0.4) is 0 Å². The summed E-state index contributed by atoms with van der Waals surface area (Å²) in [5, 5.41) is 7.77. The van der Waals surface area contributed by atoms with E-state index >= 15 is 0 Å². The van der Waals surface area contributed by atoms with Gasteiger partial charge in [0.2, 0.25) is 0 Å². The minimum atomic E-state index is 0.0400. The molecule has 5 heteroatoms. The molecule has 1 atom stereocenters. The molecule has 0 aromatic carbocycles. The van der Waals surface area contributed by atoms with Gasteiger partial charge in [-0.2, -0.15) is 5.10 Å². The summed E-state index contributed by atoms with van der Waals surface area (Å²) < 4.78 is 1.62. The summed E-state index contributed by atoms with van der Waals surface area (Å²) in [5.74, 6) is 0.690. The lowest BCUT2D eigenvalue weighted by Gasteiger charge is -2.22. The van der Waals surface area contributed by atoms with E-state index in [2.05, 4.69) is 15.3 Å². The first-order valence-corrected chi connectivity index (χ1v) is 7.86. The average molecular weight is 276 g/mol. The Hall–Kier alpha value is -1.36. The van der Waals surface area contributed by atoms with Crippen molar-refractivity contribution in [1.82, 2.24) is 15.1 Å². The first-order chi connectivity index (χ1) is 9.83. The van der Waals surface area contributed by atoms with Gasteiger partial charge < -0.3 is 10.2 Å². The van der Waals surface area contributed by atoms with E-state index in [1.54, 1.807) is 10.7 Å². The van der Waals surface area contributed by atoms with E-state index in [0.717, 1.165) is 44.8 Å². The molecule has 110 valence electrons. The number of nitrogens with zero attached hydrogens (tertiary/aromatic N) is 3. The second-order valence-corrected chi connectivity index (χ2v) is 5.97. The zero-order chi connectivity index (χ0) is 13.8. The Morgan fingerprint density at radius 3 is 2.85 bits per heavy atom. The normalized spacial score (nSPS) is 23.2. The lowest BCUT2D eigenvalue weighted by Crippen LogP contribution is -2.32. The van der Waals surface area contributed by atoms with Crippen molar-refractivity contribution in [3.05, 3.63) is 22.6 Å². The van der Waals surface area contributed by atoms with E-state index in [-0.39, 0.29) is 5.56 Å². The van der Waals surface area contributed by atoms with Crippen LogP contribution in [0, 0.1) is 5.92 Å². The zero-order valence-electron chi connectivity index (χ0n) is 12.1. The van der Waals surface area contributed by atoms with E-state index in [1.807, 2.05) is 6.20 Å². The fraction of sp³-hybridized carbons (Fsp3) is 0.733. The largest absolute Gasteiger partial charge is 0.370 e. The molecule has 2 saturated heterocycles. The van der Waals surface area contributed by atoms with Crippen molar-refractivity contribution >= 4 is 5.69 Å². The number of aromatic nitrogens is 2. The van der Waals surface area contributed by atoms with E-state index in [1.165, 1.54) is 25.7 Å². The van der Waals surface area contributed by atoms with E-state index in [4.69, 9.17) is 0 Å². The van der Waals surface area contributed by atoms with Gasteiger partial charge >= 0.3 is 0 Å². The first-order valence-electron chi connectivity index (χ1n) is 7.86. The fourth-order valence-electron chi connectivity index (χ4n) is 3.22. The molecule has 0 spiro atoms. The van der Waals surface area contributed by atoms with Crippen LogP contribution >= 0.6 is 0 Å². The molecule has 2 aliphatic rings. The van der Waals surface area contributed by atoms with Crippen LogP contribution in [-0.2, 0) is 6.54 Å². The summed E-state index contributed by atoms with van der Waals surface area (Å²) in [6.07, 6.45) is 7.86. The van der Waals surface area contributed by atoms with Gasteiger partial charge in [-0.25, -0.2) is 4.68 Å². The Kier molecular flexibility index (Phi) is 4.35. The molecular formula is C15H24N4O. The van der Waals surface area contributed by atoms with Gasteiger partial charge in [-0.3, -0.25) is 4.79 Å². The lowest BCUT2D eigenvalue weighted by atomic mass is 9.96. The van der Waals surface area contributed by atoms with Crippen molar-refractivity contribution in [1.29, 1.82) is 0 Å². The molecule has 1 aromatic rings. The number of piperidine rings is 1.